The van der Waals surface area contributed by atoms with E-state index in [1.165, 1.54) is 11.3 Å². The maximum absolute atomic E-state index is 12.8. The van der Waals surface area contributed by atoms with Crippen LogP contribution >= 0.6 is 11.3 Å². The van der Waals surface area contributed by atoms with Crippen LogP contribution in [0.5, 0.6) is 0 Å². The predicted molar refractivity (Wildman–Crippen MR) is 87.5 cm³/mol. The summed E-state index contributed by atoms with van der Waals surface area (Å²) >= 11 is 1.33. The van der Waals surface area contributed by atoms with E-state index >= 15 is 0 Å². The molecular formula is C15H22N4OS. The summed E-state index contributed by atoms with van der Waals surface area (Å²) in [6, 6.07) is 1.96. The van der Waals surface area contributed by atoms with E-state index in [0.717, 1.165) is 36.0 Å². The third-order valence-corrected chi connectivity index (χ3v) is 4.59. The number of nitrogens with zero attached hydrogens (tertiary/aromatic N) is 3. The van der Waals surface area contributed by atoms with Gasteiger partial charge in [-0.3, -0.25) is 4.79 Å². The van der Waals surface area contributed by atoms with Crippen molar-refractivity contribution < 1.29 is 4.79 Å². The Labute approximate surface area is 129 Å². The van der Waals surface area contributed by atoms with Gasteiger partial charge in [-0.2, -0.15) is 5.10 Å². The van der Waals surface area contributed by atoms with Crippen LogP contribution in [-0.4, -0.2) is 33.6 Å². The number of fused-ring (bicyclic) bond motifs is 1. The minimum absolute atomic E-state index is 0.00148. The number of hydrogen-bond acceptors (Lipinski definition) is 5. The molecule has 0 atom stereocenters. The first-order valence-electron chi connectivity index (χ1n) is 7.36. The summed E-state index contributed by atoms with van der Waals surface area (Å²) < 4.78 is 0. The molecule has 1 amide bonds. The van der Waals surface area contributed by atoms with Gasteiger partial charge in [-0.05, 0) is 26.3 Å². The third kappa shape index (κ3) is 3.32. The lowest BCUT2D eigenvalue weighted by Crippen LogP contribution is -2.37. The van der Waals surface area contributed by atoms with E-state index in [4.69, 9.17) is 5.73 Å². The second kappa shape index (κ2) is 6.85. The summed E-state index contributed by atoms with van der Waals surface area (Å²) in [5.41, 5.74) is 6.65. The molecule has 2 heterocycles. The normalized spacial score (nSPS) is 11.2. The van der Waals surface area contributed by atoms with Crippen molar-refractivity contribution >= 4 is 33.1 Å². The van der Waals surface area contributed by atoms with E-state index in [1.807, 2.05) is 24.8 Å². The van der Waals surface area contributed by atoms with Crippen molar-refractivity contribution in [1.82, 2.24) is 15.1 Å². The number of unbranched alkanes of at least 4 members (excludes halogenated alkanes) is 2. The van der Waals surface area contributed by atoms with Crippen molar-refractivity contribution in [3.63, 3.8) is 0 Å². The Morgan fingerprint density at radius 1 is 1.43 bits per heavy atom. The summed E-state index contributed by atoms with van der Waals surface area (Å²) in [5.74, 6) is 0.00148. The molecule has 2 aromatic heterocycles. The molecule has 0 unspecified atom stereocenters. The summed E-state index contributed by atoms with van der Waals surface area (Å²) in [6.07, 6.45) is 4.89. The fourth-order valence-corrected chi connectivity index (χ4v) is 3.28. The monoisotopic (exact) mass is 306 g/mol. The van der Waals surface area contributed by atoms with Crippen LogP contribution in [0.25, 0.3) is 10.2 Å². The number of nitrogens with two attached hydrogens (primary N) is 1. The van der Waals surface area contributed by atoms with Crippen LogP contribution in [-0.2, 0) is 0 Å². The molecular weight excluding hydrogens is 284 g/mol. The Balaban J connectivity index is 2.28. The van der Waals surface area contributed by atoms with Gasteiger partial charge in [0.2, 0.25) is 0 Å². The number of carbonyl (C=O) groups is 1. The number of carbonyl (C=O) groups excluding carboxylic acids is 1. The number of nitrogen functional groups attached to an aromatic ring is 1. The summed E-state index contributed by atoms with van der Waals surface area (Å²) in [6.45, 7) is 6.99. The molecule has 2 N–H and O–H groups in total. The van der Waals surface area contributed by atoms with Gasteiger partial charge in [-0.25, -0.2) is 0 Å². The van der Waals surface area contributed by atoms with Gasteiger partial charge >= 0.3 is 0 Å². The molecule has 0 saturated heterocycles. The van der Waals surface area contributed by atoms with Crippen molar-refractivity contribution in [2.75, 3.05) is 12.3 Å². The lowest BCUT2D eigenvalue weighted by Gasteiger charge is -2.26. The zero-order valence-electron chi connectivity index (χ0n) is 12.8. The van der Waals surface area contributed by atoms with Crippen LogP contribution < -0.4 is 5.73 Å². The highest BCUT2D eigenvalue weighted by Crippen LogP contribution is 2.32. The summed E-state index contributed by atoms with van der Waals surface area (Å²) in [5, 5.41) is 8.71. The average molecular weight is 306 g/mol. The van der Waals surface area contributed by atoms with Crippen LogP contribution in [0.1, 0.15) is 49.7 Å². The lowest BCUT2D eigenvalue weighted by molar-refractivity contribution is 0.0708. The molecule has 6 heteroatoms. The van der Waals surface area contributed by atoms with Gasteiger partial charge in [0.15, 0.2) is 0 Å². The van der Waals surface area contributed by atoms with Crippen LogP contribution in [0.15, 0.2) is 12.3 Å². The van der Waals surface area contributed by atoms with Crippen LogP contribution in [0.3, 0.4) is 0 Å². The van der Waals surface area contributed by atoms with Crippen molar-refractivity contribution in [1.29, 1.82) is 0 Å². The molecule has 0 aromatic carbocycles. The second-order valence-corrected chi connectivity index (χ2v) is 6.39. The Bertz CT molecular complexity index is 623. The van der Waals surface area contributed by atoms with Gasteiger partial charge in [0.1, 0.15) is 9.71 Å². The van der Waals surface area contributed by atoms with Crippen molar-refractivity contribution in [2.45, 2.75) is 46.1 Å². The van der Waals surface area contributed by atoms with E-state index in [0.29, 0.717) is 10.6 Å². The highest BCUT2D eigenvalue weighted by Gasteiger charge is 2.24. The molecule has 0 fully saturated rings. The molecule has 2 aromatic rings. The van der Waals surface area contributed by atoms with Gasteiger partial charge in [0.05, 0.1) is 11.9 Å². The van der Waals surface area contributed by atoms with E-state index < -0.39 is 0 Å². The molecule has 2 rings (SSSR count). The zero-order chi connectivity index (χ0) is 15.4. The number of rotatable bonds is 6. The number of aromatic nitrogens is 2. The lowest BCUT2D eigenvalue weighted by atomic mass is 10.2. The molecule has 21 heavy (non-hydrogen) atoms. The minimum Gasteiger partial charge on any atom is -0.397 e. The molecule has 5 nitrogen and oxygen atoms in total. The number of thiophene rings is 1. The smallest absolute Gasteiger partial charge is 0.266 e. The maximum atomic E-state index is 12.8. The Morgan fingerprint density at radius 3 is 2.81 bits per heavy atom. The fraction of sp³-hybridized carbons (Fsp3) is 0.533. The molecule has 0 aliphatic heterocycles. The van der Waals surface area contributed by atoms with Gasteiger partial charge in [0.25, 0.3) is 5.91 Å². The Kier molecular flexibility index (Phi) is 5.12. The highest BCUT2D eigenvalue weighted by molar-refractivity contribution is 7.21. The molecule has 0 spiro atoms. The minimum atomic E-state index is 0.00148. The molecule has 0 radical (unpaired) electrons. The molecule has 0 bridgehead atoms. The number of hydrogen-bond donors (Lipinski definition) is 1. The van der Waals surface area contributed by atoms with Crippen LogP contribution in [0.2, 0.25) is 0 Å². The first-order chi connectivity index (χ1) is 10.1. The van der Waals surface area contributed by atoms with Gasteiger partial charge < -0.3 is 10.6 Å². The fourth-order valence-electron chi connectivity index (χ4n) is 2.29. The predicted octanol–water partition coefficient (Wildman–Crippen LogP) is 3.31. The molecule has 114 valence electrons. The average Bonchev–Trinajstić information content (AvgIpc) is 2.80. The zero-order valence-corrected chi connectivity index (χ0v) is 13.6. The van der Waals surface area contributed by atoms with Crippen LogP contribution in [0, 0.1) is 0 Å². The summed E-state index contributed by atoms with van der Waals surface area (Å²) in [4.78, 5) is 16.0. The van der Waals surface area contributed by atoms with E-state index in [-0.39, 0.29) is 11.9 Å². The van der Waals surface area contributed by atoms with E-state index in [9.17, 15) is 4.79 Å². The van der Waals surface area contributed by atoms with Crippen molar-refractivity contribution in [3.05, 3.63) is 17.1 Å². The van der Waals surface area contributed by atoms with E-state index in [2.05, 4.69) is 17.1 Å². The van der Waals surface area contributed by atoms with Gasteiger partial charge in [0, 0.05) is 18.0 Å². The van der Waals surface area contributed by atoms with E-state index in [1.54, 1.807) is 6.20 Å². The number of anilines is 1. The van der Waals surface area contributed by atoms with Crippen molar-refractivity contribution in [3.8, 4) is 0 Å². The third-order valence-electron chi connectivity index (χ3n) is 3.50. The Morgan fingerprint density at radius 2 is 2.19 bits per heavy atom. The first-order valence-corrected chi connectivity index (χ1v) is 8.18. The number of amides is 1. The SMILES string of the molecule is CCCCCN(C(=O)c1sc2nnccc2c1N)C(C)C. The molecule has 0 aliphatic rings. The first kappa shape index (κ1) is 15.7. The summed E-state index contributed by atoms with van der Waals surface area (Å²) in [7, 11) is 0. The van der Waals surface area contributed by atoms with Crippen molar-refractivity contribution in [2.24, 2.45) is 0 Å². The quantitative estimate of drug-likeness (QED) is 0.831. The molecule has 0 aliphatic carbocycles. The maximum Gasteiger partial charge on any atom is 0.266 e. The van der Waals surface area contributed by atoms with Crippen LogP contribution in [0.4, 0.5) is 5.69 Å². The molecule has 0 saturated carbocycles. The highest BCUT2D eigenvalue weighted by atomic mass is 32.1. The van der Waals surface area contributed by atoms with Gasteiger partial charge in [-0.15, -0.1) is 16.4 Å². The topological polar surface area (TPSA) is 72.1 Å². The van der Waals surface area contributed by atoms with Gasteiger partial charge in [-0.1, -0.05) is 19.8 Å². The largest absolute Gasteiger partial charge is 0.397 e. The Hall–Kier alpha value is -1.69. The second-order valence-electron chi connectivity index (χ2n) is 5.39. The standard InChI is InChI=1S/C15H22N4OS/c1-4-5-6-9-19(10(2)3)15(20)13-12(16)11-7-8-17-18-14(11)21-13/h7-8,10H,4-6,9,16H2,1-3H3.